The molecule has 0 fully saturated rings. The molecule has 0 unspecified atom stereocenters. The van der Waals surface area contributed by atoms with Gasteiger partial charge < -0.3 is 4.74 Å². The first kappa shape index (κ1) is 12.5. The number of hydrogen-bond acceptors (Lipinski definition) is 4. The SMILES string of the molecule is CCOc1cncc(C(=O)c2ncccc2Cl)c1. The Kier molecular flexibility index (Phi) is 3.89. The molecule has 0 radical (unpaired) electrons. The summed E-state index contributed by atoms with van der Waals surface area (Å²) in [6.45, 7) is 2.38. The molecule has 0 spiro atoms. The van der Waals surface area contributed by atoms with E-state index in [0.717, 1.165) is 0 Å². The standard InChI is InChI=1S/C13H11ClN2O2/c1-2-18-10-6-9(7-15-8-10)13(17)12-11(14)4-3-5-16-12/h3-8H,2H2,1H3. The van der Waals surface area contributed by atoms with E-state index in [0.29, 0.717) is 22.9 Å². The normalized spacial score (nSPS) is 10.1. The zero-order valence-corrected chi connectivity index (χ0v) is 10.5. The van der Waals surface area contributed by atoms with Gasteiger partial charge in [-0.1, -0.05) is 11.6 Å². The van der Waals surface area contributed by atoms with E-state index in [1.165, 1.54) is 12.4 Å². The van der Waals surface area contributed by atoms with Gasteiger partial charge in [-0.05, 0) is 25.1 Å². The Balaban J connectivity index is 2.34. The van der Waals surface area contributed by atoms with Crippen LogP contribution in [0.3, 0.4) is 0 Å². The molecule has 2 aromatic rings. The second-order valence-corrected chi connectivity index (χ2v) is 3.91. The number of nitrogens with zero attached hydrogens (tertiary/aromatic N) is 2. The minimum atomic E-state index is -0.269. The van der Waals surface area contributed by atoms with Crippen LogP contribution in [0, 0.1) is 0 Å². The molecule has 92 valence electrons. The van der Waals surface area contributed by atoms with Crippen molar-refractivity contribution in [3.8, 4) is 5.75 Å². The number of halogens is 1. The molecule has 0 atom stereocenters. The Morgan fingerprint density at radius 2 is 2.28 bits per heavy atom. The van der Waals surface area contributed by atoms with Crippen molar-refractivity contribution in [3.63, 3.8) is 0 Å². The fraction of sp³-hybridized carbons (Fsp3) is 0.154. The summed E-state index contributed by atoms with van der Waals surface area (Å²) in [5.41, 5.74) is 0.621. The number of hydrogen-bond donors (Lipinski definition) is 0. The van der Waals surface area contributed by atoms with Crippen LogP contribution in [-0.2, 0) is 0 Å². The maximum atomic E-state index is 12.2. The maximum Gasteiger partial charge on any atom is 0.214 e. The molecule has 0 saturated heterocycles. The van der Waals surface area contributed by atoms with E-state index < -0.39 is 0 Å². The van der Waals surface area contributed by atoms with Crippen molar-refractivity contribution >= 4 is 17.4 Å². The van der Waals surface area contributed by atoms with Gasteiger partial charge in [0, 0.05) is 18.0 Å². The summed E-state index contributed by atoms with van der Waals surface area (Å²) in [6, 6.07) is 4.93. The van der Waals surface area contributed by atoms with E-state index in [9.17, 15) is 4.79 Å². The third kappa shape index (κ3) is 2.65. The molecule has 0 bridgehead atoms. The number of ether oxygens (including phenoxy) is 1. The van der Waals surface area contributed by atoms with Gasteiger partial charge in [0.25, 0.3) is 0 Å². The lowest BCUT2D eigenvalue weighted by Gasteiger charge is -2.05. The summed E-state index contributed by atoms with van der Waals surface area (Å²) in [5.74, 6) is 0.282. The Bertz CT molecular complexity index is 572. The minimum absolute atomic E-state index is 0.217. The Morgan fingerprint density at radius 1 is 1.44 bits per heavy atom. The fourth-order valence-electron chi connectivity index (χ4n) is 1.48. The number of ketones is 1. The topological polar surface area (TPSA) is 52.1 Å². The van der Waals surface area contributed by atoms with Crippen LogP contribution in [0.5, 0.6) is 5.75 Å². The van der Waals surface area contributed by atoms with Crippen molar-refractivity contribution in [1.82, 2.24) is 9.97 Å². The largest absolute Gasteiger partial charge is 0.492 e. The number of rotatable bonds is 4. The summed E-state index contributed by atoms with van der Waals surface area (Å²) >= 11 is 5.93. The van der Waals surface area contributed by atoms with Crippen molar-refractivity contribution in [3.05, 3.63) is 53.1 Å². The van der Waals surface area contributed by atoms with E-state index in [1.807, 2.05) is 6.92 Å². The molecule has 18 heavy (non-hydrogen) atoms. The summed E-state index contributed by atoms with van der Waals surface area (Å²) < 4.78 is 5.29. The number of carbonyl (C=O) groups excluding carboxylic acids is 1. The molecule has 2 aromatic heterocycles. The second-order valence-electron chi connectivity index (χ2n) is 3.51. The molecule has 5 heteroatoms. The van der Waals surface area contributed by atoms with Crippen LogP contribution < -0.4 is 4.74 Å². The highest BCUT2D eigenvalue weighted by molar-refractivity contribution is 6.34. The van der Waals surface area contributed by atoms with Crippen LogP contribution in [0.4, 0.5) is 0 Å². The fourth-order valence-corrected chi connectivity index (χ4v) is 1.69. The van der Waals surface area contributed by atoms with Gasteiger partial charge in [-0.25, -0.2) is 0 Å². The van der Waals surface area contributed by atoms with Crippen LogP contribution in [0.2, 0.25) is 5.02 Å². The zero-order valence-electron chi connectivity index (χ0n) is 9.76. The number of pyridine rings is 2. The summed E-state index contributed by atoms with van der Waals surface area (Å²) in [5, 5.41) is 0.323. The van der Waals surface area contributed by atoms with Gasteiger partial charge in [0.15, 0.2) is 0 Å². The lowest BCUT2D eigenvalue weighted by molar-refractivity contribution is 0.103. The smallest absolute Gasteiger partial charge is 0.214 e. The molecule has 0 aliphatic carbocycles. The van der Waals surface area contributed by atoms with Gasteiger partial charge in [-0.15, -0.1) is 0 Å². The van der Waals surface area contributed by atoms with Crippen LogP contribution in [0.1, 0.15) is 23.0 Å². The molecule has 0 N–H and O–H groups in total. The van der Waals surface area contributed by atoms with Crippen molar-refractivity contribution in [2.75, 3.05) is 6.61 Å². The molecule has 0 aliphatic heterocycles. The first-order valence-corrected chi connectivity index (χ1v) is 5.83. The molecule has 4 nitrogen and oxygen atoms in total. The third-order valence-corrected chi connectivity index (χ3v) is 2.56. The van der Waals surface area contributed by atoms with Crippen LogP contribution in [-0.4, -0.2) is 22.4 Å². The van der Waals surface area contributed by atoms with Gasteiger partial charge in [0.1, 0.15) is 11.4 Å². The highest BCUT2D eigenvalue weighted by Crippen LogP contribution is 2.18. The Hall–Kier alpha value is -1.94. The van der Waals surface area contributed by atoms with Gasteiger partial charge >= 0.3 is 0 Å². The highest BCUT2D eigenvalue weighted by Gasteiger charge is 2.15. The van der Waals surface area contributed by atoms with Gasteiger partial charge in [0.2, 0.25) is 5.78 Å². The zero-order chi connectivity index (χ0) is 13.0. The minimum Gasteiger partial charge on any atom is -0.492 e. The average Bonchev–Trinajstić information content (AvgIpc) is 2.39. The van der Waals surface area contributed by atoms with Crippen LogP contribution >= 0.6 is 11.6 Å². The monoisotopic (exact) mass is 262 g/mol. The lowest BCUT2D eigenvalue weighted by atomic mass is 10.1. The molecule has 0 aromatic carbocycles. The van der Waals surface area contributed by atoms with Crippen molar-refractivity contribution in [1.29, 1.82) is 0 Å². The van der Waals surface area contributed by atoms with E-state index >= 15 is 0 Å². The predicted octanol–water partition coefficient (Wildman–Crippen LogP) is 2.76. The molecule has 2 rings (SSSR count). The first-order valence-electron chi connectivity index (χ1n) is 5.45. The molecule has 0 amide bonds. The maximum absolute atomic E-state index is 12.2. The third-order valence-electron chi connectivity index (χ3n) is 2.26. The van der Waals surface area contributed by atoms with Crippen molar-refractivity contribution in [2.24, 2.45) is 0 Å². The average molecular weight is 263 g/mol. The summed E-state index contributed by atoms with van der Waals surface area (Å²) in [7, 11) is 0. The highest BCUT2D eigenvalue weighted by atomic mass is 35.5. The first-order chi connectivity index (χ1) is 8.72. The van der Waals surface area contributed by atoms with Crippen LogP contribution in [0.25, 0.3) is 0 Å². The summed E-state index contributed by atoms with van der Waals surface area (Å²) in [4.78, 5) is 20.1. The van der Waals surface area contributed by atoms with Crippen molar-refractivity contribution < 1.29 is 9.53 Å². The Labute approximate surface area is 110 Å². The molecular weight excluding hydrogens is 252 g/mol. The molecule has 0 saturated carbocycles. The van der Waals surface area contributed by atoms with Gasteiger partial charge in [-0.3, -0.25) is 14.8 Å². The van der Waals surface area contributed by atoms with E-state index in [-0.39, 0.29) is 11.5 Å². The molecule has 0 aliphatic rings. The van der Waals surface area contributed by atoms with Gasteiger partial charge in [-0.2, -0.15) is 0 Å². The lowest BCUT2D eigenvalue weighted by Crippen LogP contribution is -2.06. The molecular formula is C13H11ClN2O2. The number of aromatic nitrogens is 2. The quantitative estimate of drug-likeness (QED) is 0.795. The van der Waals surface area contributed by atoms with Crippen LogP contribution in [0.15, 0.2) is 36.8 Å². The van der Waals surface area contributed by atoms with E-state index in [4.69, 9.17) is 16.3 Å². The van der Waals surface area contributed by atoms with Gasteiger partial charge in [0.05, 0.1) is 17.8 Å². The van der Waals surface area contributed by atoms with Crippen molar-refractivity contribution in [2.45, 2.75) is 6.92 Å². The Morgan fingerprint density at radius 3 is 3.00 bits per heavy atom. The summed E-state index contributed by atoms with van der Waals surface area (Å²) in [6.07, 6.45) is 4.55. The molecule has 2 heterocycles. The number of carbonyl (C=O) groups is 1. The predicted molar refractivity (Wildman–Crippen MR) is 68.1 cm³/mol. The second kappa shape index (κ2) is 5.60. The van der Waals surface area contributed by atoms with E-state index in [2.05, 4.69) is 9.97 Å². The van der Waals surface area contributed by atoms with E-state index in [1.54, 1.807) is 24.4 Å².